The van der Waals surface area contributed by atoms with Crippen LogP contribution >= 0.6 is 0 Å². The second-order valence-corrected chi connectivity index (χ2v) is 6.79. The van der Waals surface area contributed by atoms with Gasteiger partial charge in [0.05, 0.1) is 26.1 Å². The van der Waals surface area contributed by atoms with E-state index in [1.807, 2.05) is 0 Å². The van der Waals surface area contributed by atoms with Crippen LogP contribution in [0.1, 0.15) is 25.7 Å². The molecule has 1 aliphatic rings. The number of esters is 2. The number of halogens is 2. The molecule has 1 rings (SSSR count). The number of carbonyl (C=O) groups excluding carboxylic acids is 2. The molecule has 0 spiro atoms. The van der Waals surface area contributed by atoms with Gasteiger partial charge in [-0.3, -0.25) is 14.1 Å². The molecule has 0 amide bonds. The lowest BCUT2D eigenvalue weighted by molar-refractivity contribution is -0.155. The minimum Gasteiger partial charge on any atom is -0.469 e. The zero-order chi connectivity index (χ0) is 17.1. The van der Waals surface area contributed by atoms with Gasteiger partial charge in [-0.2, -0.15) is 17.2 Å². The summed E-state index contributed by atoms with van der Waals surface area (Å²) in [6.07, 6.45) is -1.06. The SMILES string of the molecule is COC(=O)C1CCC(C(=O)OC)C(CC(F)(F)S(=O)(=O)O)C1. The summed E-state index contributed by atoms with van der Waals surface area (Å²) >= 11 is 0. The van der Waals surface area contributed by atoms with Crippen LogP contribution in [0.15, 0.2) is 0 Å². The van der Waals surface area contributed by atoms with Crippen LogP contribution in [-0.2, 0) is 29.2 Å². The largest absolute Gasteiger partial charge is 0.469 e. The van der Waals surface area contributed by atoms with Crippen molar-refractivity contribution in [3.63, 3.8) is 0 Å². The molecule has 1 N–H and O–H groups in total. The van der Waals surface area contributed by atoms with Gasteiger partial charge in [-0.15, -0.1) is 0 Å². The topological polar surface area (TPSA) is 107 Å². The Balaban J connectivity index is 3.00. The molecule has 10 heteroatoms. The number of rotatable bonds is 5. The summed E-state index contributed by atoms with van der Waals surface area (Å²) in [6, 6.07) is 0. The Morgan fingerprint density at radius 1 is 1.18 bits per heavy atom. The first-order valence-electron chi connectivity index (χ1n) is 6.54. The average molecular weight is 344 g/mol. The van der Waals surface area contributed by atoms with E-state index in [1.54, 1.807) is 0 Å². The Kier molecular flexibility index (Phi) is 5.85. The molecule has 7 nitrogen and oxygen atoms in total. The second kappa shape index (κ2) is 6.86. The van der Waals surface area contributed by atoms with Crippen LogP contribution in [0.2, 0.25) is 0 Å². The molecule has 0 heterocycles. The Hall–Kier alpha value is -1.29. The van der Waals surface area contributed by atoms with Crippen molar-refractivity contribution in [2.45, 2.75) is 30.9 Å². The molecule has 0 aliphatic heterocycles. The minimum absolute atomic E-state index is 0.0959. The van der Waals surface area contributed by atoms with Crippen molar-refractivity contribution in [1.82, 2.24) is 0 Å². The van der Waals surface area contributed by atoms with Gasteiger partial charge in [0.25, 0.3) is 0 Å². The van der Waals surface area contributed by atoms with Gasteiger partial charge in [0.2, 0.25) is 0 Å². The summed E-state index contributed by atoms with van der Waals surface area (Å²) in [4.78, 5) is 23.2. The third-order valence-corrected chi connectivity index (χ3v) is 4.82. The minimum atomic E-state index is -5.60. The fraction of sp³-hybridized carbons (Fsp3) is 0.833. The van der Waals surface area contributed by atoms with E-state index in [9.17, 15) is 26.8 Å². The first-order valence-corrected chi connectivity index (χ1v) is 7.98. The van der Waals surface area contributed by atoms with Gasteiger partial charge < -0.3 is 9.47 Å². The van der Waals surface area contributed by atoms with Gasteiger partial charge >= 0.3 is 27.3 Å². The zero-order valence-electron chi connectivity index (χ0n) is 12.1. The molecule has 0 saturated heterocycles. The average Bonchev–Trinajstić information content (AvgIpc) is 2.43. The molecule has 0 aromatic heterocycles. The zero-order valence-corrected chi connectivity index (χ0v) is 12.9. The Morgan fingerprint density at radius 2 is 1.73 bits per heavy atom. The molecule has 1 aliphatic carbocycles. The summed E-state index contributed by atoms with van der Waals surface area (Å²) in [5, 5.41) is -4.40. The summed E-state index contributed by atoms with van der Waals surface area (Å²) in [5.41, 5.74) is 0. The number of hydrogen-bond donors (Lipinski definition) is 1. The normalized spacial score (nSPS) is 26.3. The summed E-state index contributed by atoms with van der Waals surface area (Å²) in [7, 11) is -3.36. The number of ether oxygens (including phenoxy) is 2. The highest BCUT2D eigenvalue weighted by Crippen LogP contribution is 2.42. The number of hydrogen-bond acceptors (Lipinski definition) is 6. The Labute approximate surface area is 126 Å². The fourth-order valence-corrected chi connectivity index (χ4v) is 3.17. The van der Waals surface area contributed by atoms with Crippen molar-refractivity contribution >= 4 is 22.1 Å². The number of methoxy groups -OCH3 is 2. The van der Waals surface area contributed by atoms with E-state index < -0.39 is 51.5 Å². The lowest BCUT2D eigenvalue weighted by Gasteiger charge is -2.34. The molecule has 128 valence electrons. The quantitative estimate of drug-likeness (QED) is 0.590. The molecular weight excluding hydrogens is 326 g/mol. The first-order chi connectivity index (χ1) is 10.0. The van der Waals surface area contributed by atoms with Crippen molar-refractivity contribution in [1.29, 1.82) is 0 Å². The van der Waals surface area contributed by atoms with Gasteiger partial charge in [-0.05, 0) is 25.2 Å². The van der Waals surface area contributed by atoms with Crippen LogP contribution in [0.5, 0.6) is 0 Å². The molecule has 0 aromatic carbocycles. The van der Waals surface area contributed by atoms with Crippen LogP contribution in [0.25, 0.3) is 0 Å². The van der Waals surface area contributed by atoms with Crippen LogP contribution in [0, 0.1) is 17.8 Å². The fourth-order valence-electron chi connectivity index (χ4n) is 2.74. The van der Waals surface area contributed by atoms with Gasteiger partial charge in [0.15, 0.2) is 0 Å². The van der Waals surface area contributed by atoms with Crippen LogP contribution in [-0.4, -0.2) is 44.4 Å². The number of carbonyl (C=O) groups is 2. The van der Waals surface area contributed by atoms with Crippen molar-refractivity contribution in [2.75, 3.05) is 14.2 Å². The molecule has 1 fully saturated rings. The highest BCUT2D eigenvalue weighted by Gasteiger charge is 2.50. The molecule has 3 unspecified atom stereocenters. The lowest BCUT2D eigenvalue weighted by Crippen LogP contribution is -2.40. The smallest absolute Gasteiger partial charge is 0.370 e. The van der Waals surface area contributed by atoms with E-state index in [0.29, 0.717) is 0 Å². The maximum atomic E-state index is 13.6. The van der Waals surface area contributed by atoms with Crippen LogP contribution < -0.4 is 0 Å². The third-order valence-electron chi connectivity index (χ3n) is 3.90. The standard InChI is InChI=1S/C12H18F2O7S/c1-20-10(15)7-3-4-9(11(16)21-2)8(5-7)6-12(13,14)22(17,18)19/h7-9H,3-6H2,1-2H3,(H,17,18,19). The predicted molar refractivity (Wildman–Crippen MR) is 69.5 cm³/mol. The number of alkyl halides is 2. The molecule has 22 heavy (non-hydrogen) atoms. The van der Waals surface area contributed by atoms with E-state index in [4.69, 9.17) is 4.55 Å². The Bertz CT molecular complexity index is 532. The highest BCUT2D eigenvalue weighted by atomic mass is 32.2. The van der Waals surface area contributed by atoms with Crippen LogP contribution in [0.3, 0.4) is 0 Å². The summed E-state index contributed by atoms with van der Waals surface area (Å²) < 4.78 is 66.3. The van der Waals surface area contributed by atoms with Crippen molar-refractivity contribution in [2.24, 2.45) is 17.8 Å². The maximum Gasteiger partial charge on any atom is 0.370 e. The third kappa shape index (κ3) is 4.13. The van der Waals surface area contributed by atoms with Crippen molar-refractivity contribution in [3.8, 4) is 0 Å². The Morgan fingerprint density at radius 3 is 2.18 bits per heavy atom. The monoisotopic (exact) mass is 344 g/mol. The first kappa shape index (κ1) is 18.8. The highest BCUT2D eigenvalue weighted by molar-refractivity contribution is 7.86. The summed E-state index contributed by atoms with van der Waals surface area (Å²) in [5.74, 6) is -4.14. The van der Waals surface area contributed by atoms with Gasteiger partial charge in [0.1, 0.15) is 0 Å². The van der Waals surface area contributed by atoms with E-state index in [0.717, 1.165) is 14.2 Å². The van der Waals surface area contributed by atoms with Gasteiger partial charge in [0, 0.05) is 6.42 Å². The molecule has 1 saturated carbocycles. The van der Waals surface area contributed by atoms with E-state index in [1.165, 1.54) is 0 Å². The molecule has 0 aromatic rings. The van der Waals surface area contributed by atoms with Crippen molar-refractivity contribution < 1.29 is 40.8 Å². The maximum absolute atomic E-state index is 13.6. The second-order valence-electron chi connectivity index (χ2n) is 5.24. The predicted octanol–water partition coefficient (Wildman–Crippen LogP) is 1.24. The van der Waals surface area contributed by atoms with E-state index in [-0.39, 0.29) is 19.3 Å². The van der Waals surface area contributed by atoms with E-state index >= 15 is 0 Å². The summed E-state index contributed by atoms with van der Waals surface area (Å²) in [6.45, 7) is 0. The molecule has 3 atom stereocenters. The molecule has 0 radical (unpaired) electrons. The molecular formula is C12H18F2O7S. The molecule has 0 bridgehead atoms. The lowest BCUT2D eigenvalue weighted by atomic mass is 9.72. The van der Waals surface area contributed by atoms with Crippen molar-refractivity contribution in [3.05, 3.63) is 0 Å². The van der Waals surface area contributed by atoms with Gasteiger partial charge in [-0.1, -0.05) is 0 Å². The van der Waals surface area contributed by atoms with Crippen LogP contribution in [0.4, 0.5) is 8.78 Å². The van der Waals surface area contributed by atoms with E-state index in [2.05, 4.69) is 9.47 Å². The van der Waals surface area contributed by atoms with Gasteiger partial charge in [-0.25, -0.2) is 0 Å².